The fourth-order valence-corrected chi connectivity index (χ4v) is 3.52. The maximum atomic E-state index is 12.4. The third-order valence-corrected chi connectivity index (χ3v) is 4.76. The van der Waals surface area contributed by atoms with E-state index in [1.807, 2.05) is 37.8 Å². The molecule has 1 N–H and O–H groups in total. The van der Waals surface area contributed by atoms with Gasteiger partial charge in [0.1, 0.15) is 12.4 Å². The van der Waals surface area contributed by atoms with Crippen LogP contribution >= 0.6 is 0 Å². The molecule has 1 aromatic carbocycles. The molecule has 0 aromatic heterocycles. The lowest BCUT2D eigenvalue weighted by Crippen LogP contribution is -2.47. The van der Waals surface area contributed by atoms with Gasteiger partial charge in [-0.3, -0.25) is 14.5 Å². The number of carbonyl (C=O) groups is 2. The first-order chi connectivity index (χ1) is 12.2. The summed E-state index contributed by atoms with van der Waals surface area (Å²) < 4.78 is 5.76. The maximum absolute atomic E-state index is 12.4. The Balaban J connectivity index is 1.79. The lowest BCUT2D eigenvalue weighted by atomic mass is 9.90. The molecule has 1 aliphatic rings. The molecule has 2 atom stereocenters. The summed E-state index contributed by atoms with van der Waals surface area (Å²) in [5.74, 6) is -0.0606. The van der Waals surface area contributed by atoms with E-state index in [4.69, 9.17) is 4.74 Å². The number of aliphatic carboxylic acids is 1. The number of hydrogen-bond acceptors (Lipinski definition) is 4. The van der Waals surface area contributed by atoms with Crippen LogP contribution in [0.5, 0.6) is 5.75 Å². The number of benzene rings is 1. The fourth-order valence-electron chi connectivity index (χ4n) is 3.52. The summed E-state index contributed by atoms with van der Waals surface area (Å²) in [7, 11) is 1.76. The molecule has 6 nitrogen and oxygen atoms in total. The molecule has 1 amide bonds. The normalized spacial score (nSPS) is 20.6. The Hall–Kier alpha value is -2.08. The van der Waals surface area contributed by atoms with E-state index < -0.39 is 5.97 Å². The molecule has 1 saturated heterocycles. The largest absolute Gasteiger partial charge is 0.492 e. The smallest absolute Gasteiger partial charge is 0.307 e. The van der Waals surface area contributed by atoms with Crippen LogP contribution in [0.15, 0.2) is 18.2 Å². The van der Waals surface area contributed by atoms with E-state index in [1.165, 1.54) is 0 Å². The fraction of sp³-hybridized carbons (Fsp3) is 0.600. The van der Waals surface area contributed by atoms with Crippen LogP contribution in [0, 0.1) is 25.7 Å². The second-order valence-electron chi connectivity index (χ2n) is 7.56. The highest BCUT2D eigenvalue weighted by atomic mass is 16.5. The van der Waals surface area contributed by atoms with E-state index >= 15 is 0 Å². The van der Waals surface area contributed by atoms with Crippen molar-refractivity contribution in [3.63, 3.8) is 0 Å². The Bertz CT molecular complexity index is 626. The van der Waals surface area contributed by atoms with Gasteiger partial charge in [-0.2, -0.15) is 0 Å². The van der Waals surface area contributed by atoms with E-state index in [1.54, 1.807) is 11.9 Å². The zero-order valence-corrected chi connectivity index (χ0v) is 16.2. The molecule has 0 saturated carbocycles. The number of amides is 1. The summed E-state index contributed by atoms with van der Waals surface area (Å²) in [5.41, 5.74) is 2.30. The number of carboxylic acid groups (broad SMARTS) is 1. The van der Waals surface area contributed by atoms with Crippen LogP contribution in [-0.4, -0.2) is 66.6 Å². The van der Waals surface area contributed by atoms with Crippen molar-refractivity contribution in [1.29, 1.82) is 0 Å². The lowest BCUT2D eigenvalue weighted by Gasteiger charge is -2.34. The molecular formula is C20H30N2O4. The highest BCUT2D eigenvalue weighted by molar-refractivity contribution is 5.78. The molecule has 0 aliphatic carbocycles. The summed E-state index contributed by atoms with van der Waals surface area (Å²) in [5, 5.41) is 9.24. The van der Waals surface area contributed by atoms with E-state index in [0.717, 1.165) is 23.4 Å². The highest BCUT2D eigenvalue weighted by Crippen LogP contribution is 2.21. The van der Waals surface area contributed by atoms with Crippen molar-refractivity contribution in [2.75, 3.05) is 39.8 Å². The number of piperidine rings is 1. The molecule has 2 unspecified atom stereocenters. The molecule has 0 radical (unpaired) electrons. The molecule has 144 valence electrons. The van der Waals surface area contributed by atoms with Crippen molar-refractivity contribution in [2.45, 2.75) is 27.2 Å². The van der Waals surface area contributed by atoms with Crippen LogP contribution in [0.3, 0.4) is 0 Å². The van der Waals surface area contributed by atoms with E-state index in [-0.39, 0.29) is 24.3 Å². The quantitative estimate of drug-likeness (QED) is 0.805. The Labute approximate surface area is 155 Å². The monoisotopic (exact) mass is 362 g/mol. The van der Waals surface area contributed by atoms with Crippen molar-refractivity contribution in [3.05, 3.63) is 29.3 Å². The number of hydrogen-bond donors (Lipinski definition) is 1. The lowest BCUT2D eigenvalue weighted by molar-refractivity contribution is -0.145. The summed E-state index contributed by atoms with van der Waals surface area (Å²) in [6.07, 6.45) is 0.680. The Kier molecular flexibility index (Phi) is 7.03. The van der Waals surface area contributed by atoms with Gasteiger partial charge < -0.3 is 14.7 Å². The Morgan fingerprint density at radius 2 is 1.88 bits per heavy atom. The minimum atomic E-state index is -0.774. The van der Waals surface area contributed by atoms with E-state index in [2.05, 4.69) is 6.07 Å². The van der Waals surface area contributed by atoms with Gasteiger partial charge >= 0.3 is 5.97 Å². The average Bonchev–Trinajstić information content (AvgIpc) is 2.53. The first-order valence-electron chi connectivity index (χ1n) is 9.15. The van der Waals surface area contributed by atoms with Gasteiger partial charge in [-0.1, -0.05) is 13.0 Å². The van der Waals surface area contributed by atoms with Gasteiger partial charge in [0.05, 0.1) is 19.0 Å². The number of carbonyl (C=O) groups excluding carboxylic acids is 1. The number of carboxylic acids is 1. The number of likely N-dealkylation sites (tertiary alicyclic amines) is 1. The van der Waals surface area contributed by atoms with Gasteiger partial charge in [0, 0.05) is 20.1 Å². The SMILES string of the molecule is Cc1cc(C)cc(OCCN(C)C(=O)CN2CC(C)CC(C(=O)O)C2)c1. The summed E-state index contributed by atoms with van der Waals surface area (Å²) >= 11 is 0. The van der Waals surface area contributed by atoms with Crippen LogP contribution in [0.25, 0.3) is 0 Å². The van der Waals surface area contributed by atoms with Crippen molar-refractivity contribution in [2.24, 2.45) is 11.8 Å². The average molecular weight is 362 g/mol. The van der Waals surface area contributed by atoms with Crippen LogP contribution in [0.2, 0.25) is 0 Å². The molecule has 26 heavy (non-hydrogen) atoms. The van der Waals surface area contributed by atoms with Gasteiger partial charge in [0.2, 0.25) is 5.91 Å². The van der Waals surface area contributed by atoms with Crippen LogP contribution in [0.4, 0.5) is 0 Å². The van der Waals surface area contributed by atoms with Gasteiger partial charge in [-0.25, -0.2) is 0 Å². The van der Waals surface area contributed by atoms with E-state index in [9.17, 15) is 14.7 Å². The van der Waals surface area contributed by atoms with Crippen LogP contribution in [-0.2, 0) is 9.59 Å². The summed E-state index contributed by atoms with van der Waals surface area (Å²) in [6, 6.07) is 6.05. The van der Waals surface area contributed by atoms with Gasteiger partial charge in [-0.15, -0.1) is 0 Å². The number of likely N-dealkylation sites (N-methyl/N-ethyl adjacent to an activating group) is 1. The number of nitrogens with zero attached hydrogens (tertiary/aromatic N) is 2. The van der Waals surface area contributed by atoms with Crippen LogP contribution < -0.4 is 4.74 Å². The minimum absolute atomic E-state index is 0.00717. The Morgan fingerprint density at radius 3 is 2.50 bits per heavy atom. The van der Waals surface area contributed by atoms with Gasteiger partial charge in [-0.05, 0) is 49.4 Å². The van der Waals surface area contributed by atoms with Crippen molar-refractivity contribution >= 4 is 11.9 Å². The van der Waals surface area contributed by atoms with E-state index in [0.29, 0.717) is 26.1 Å². The van der Waals surface area contributed by atoms with Gasteiger partial charge in [0.25, 0.3) is 0 Å². The second kappa shape index (κ2) is 9.03. The molecule has 1 aliphatic heterocycles. The van der Waals surface area contributed by atoms with Gasteiger partial charge in [0.15, 0.2) is 0 Å². The van der Waals surface area contributed by atoms with Crippen molar-refractivity contribution in [1.82, 2.24) is 9.80 Å². The number of rotatable bonds is 7. The zero-order chi connectivity index (χ0) is 19.3. The molecule has 1 aromatic rings. The molecule has 1 fully saturated rings. The standard InChI is InChI=1S/C20H30N2O4/c1-14-7-15(2)10-18(9-14)26-6-5-21(4)19(23)13-22-11-16(3)8-17(12-22)20(24)25/h7,9-10,16-17H,5-6,8,11-13H2,1-4H3,(H,24,25). The molecule has 6 heteroatoms. The van der Waals surface area contributed by atoms with Crippen LogP contribution in [0.1, 0.15) is 24.5 Å². The second-order valence-corrected chi connectivity index (χ2v) is 7.56. The van der Waals surface area contributed by atoms with Crippen molar-refractivity contribution in [3.8, 4) is 5.75 Å². The molecule has 0 spiro atoms. The number of ether oxygens (including phenoxy) is 1. The first kappa shape index (κ1) is 20.2. The highest BCUT2D eigenvalue weighted by Gasteiger charge is 2.30. The summed E-state index contributed by atoms with van der Waals surface area (Å²) in [4.78, 5) is 27.3. The maximum Gasteiger partial charge on any atom is 0.307 e. The topological polar surface area (TPSA) is 70.1 Å². The Morgan fingerprint density at radius 1 is 1.23 bits per heavy atom. The third kappa shape index (κ3) is 6.02. The minimum Gasteiger partial charge on any atom is -0.492 e. The molecule has 1 heterocycles. The zero-order valence-electron chi connectivity index (χ0n) is 16.2. The predicted molar refractivity (Wildman–Crippen MR) is 100 cm³/mol. The molecule has 2 rings (SSSR count). The summed E-state index contributed by atoms with van der Waals surface area (Å²) in [6.45, 7) is 8.48. The van der Waals surface area contributed by atoms with Crippen molar-refractivity contribution < 1.29 is 19.4 Å². The third-order valence-electron chi connectivity index (χ3n) is 4.76. The first-order valence-corrected chi connectivity index (χ1v) is 9.15. The molecular weight excluding hydrogens is 332 g/mol. The number of aryl methyl sites for hydroxylation is 2. The predicted octanol–water partition coefficient (Wildman–Crippen LogP) is 2.18. The molecule has 0 bridgehead atoms.